The Labute approximate surface area is 158 Å². The second-order valence-electron chi connectivity index (χ2n) is 5.65. The van der Waals surface area contributed by atoms with Gasteiger partial charge in [0.15, 0.2) is 0 Å². The molecule has 142 valence electrons. The van der Waals surface area contributed by atoms with Crippen LogP contribution in [0.4, 0.5) is 18.9 Å². The Morgan fingerprint density at radius 2 is 1.89 bits per heavy atom. The first-order valence-corrected chi connectivity index (χ1v) is 9.47. The zero-order chi connectivity index (χ0) is 19.7. The van der Waals surface area contributed by atoms with Crippen LogP contribution >= 0.6 is 11.6 Å². The second-order valence-corrected chi connectivity index (χ2v) is 7.71. The molecule has 10 heteroatoms. The molecule has 0 bridgehead atoms. The van der Waals surface area contributed by atoms with Crippen LogP contribution in [0.25, 0.3) is 0 Å². The molecule has 0 aliphatic rings. The SMILES string of the molecule is O=S(=O)(Nc1cccc(Cn2cccn2)c1)c1cc(C(F)(F)F)ccc1Cl. The summed E-state index contributed by atoms with van der Waals surface area (Å²) in [7, 11) is -4.31. The lowest BCUT2D eigenvalue weighted by atomic mass is 10.2. The van der Waals surface area contributed by atoms with Crippen LogP contribution in [0.3, 0.4) is 0 Å². The molecule has 0 unspecified atom stereocenters. The van der Waals surface area contributed by atoms with Gasteiger partial charge in [-0.25, -0.2) is 8.42 Å². The van der Waals surface area contributed by atoms with Crippen molar-refractivity contribution in [2.45, 2.75) is 17.6 Å². The summed E-state index contributed by atoms with van der Waals surface area (Å²) in [4.78, 5) is -0.642. The minimum atomic E-state index is -4.68. The maximum Gasteiger partial charge on any atom is 0.416 e. The summed E-state index contributed by atoms with van der Waals surface area (Å²) < 4.78 is 67.7. The third kappa shape index (κ3) is 4.61. The molecule has 3 rings (SSSR count). The van der Waals surface area contributed by atoms with E-state index in [1.165, 1.54) is 6.07 Å². The summed E-state index contributed by atoms with van der Waals surface area (Å²) in [5.41, 5.74) is -0.137. The predicted molar refractivity (Wildman–Crippen MR) is 95.0 cm³/mol. The van der Waals surface area contributed by atoms with E-state index in [1.54, 1.807) is 41.3 Å². The van der Waals surface area contributed by atoms with Crippen LogP contribution in [-0.4, -0.2) is 18.2 Å². The summed E-state index contributed by atoms with van der Waals surface area (Å²) in [6.45, 7) is 0.410. The molecule has 0 amide bonds. The van der Waals surface area contributed by atoms with Gasteiger partial charge in [0.1, 0.15) is 4.90 Å². The van der Waals surface area contributed by atoms with E-state index in [-0.39, 0.29) is 10.7 Å². The molecule has 3 aromatic rings. The van der Waals surface area contributed by atoms with Crippen molar-refractivity contribution in [3.63, 3.8) is 0 Å². The Bertz CT molecular complexity index is 1050. The molecule has 1 N–H and O–H groups in total. The number of aromatic nitrogens is 2. The van der Waals surface area contributed by atoms with E-state index in [1.807, 2.05) is 0 Å². The number of nitrogens with one attached hydrogen (secondary N) is 1. The maximum atomic E-state index is 12.9. The summed E-state index contributed by atoms with van der Waals surface area (Å²) in [5.74, 6) is 0. The Balaban J connectivity index is 1.89. The topological polar surface area (TPSA) is 64.0 Å². The highest BCUT2D eigenvalue weighted by Gasteiger charge is 2.32. The zero-order valence-electron chi connectivity index (χ0n) is 13.6. The molecule has 0 saturated carbocycles. The summed E-state index contributed by atoms with van der Waals surface area (Å²) in [6, 6.07) is 10.4. The molecule has 1 aromatic heterocycles. The van der Waals surface area contributed by atoms with Crippen molar-refractivity contribution in [2.75, 3.05) is 4.72 Å². The fourth-order valence-corrected chi connectivity index (χ4v) is 3.99. The fourth-order valence-electron chi connectivity index (χ4n) is 2.41. The number of nitrogens with zero attached hydrogens (tertiary/aromatic N) is 2. The number of alkyl halides is 3. The van der Waals surface area contributed by atoms with Gasteiger partial charge < -0.3 is 0 Å². The van der Waals surface area contributed by atoms with Crippen molar-refractivity contribution in [3.05, 3.63) is 77.1 Å². The normalized spacial score (nSPS) is 12.1. The van der Waals surface area contributed by atoms with E-state index >= 15 is 0 Å². The molecule has 0 spiro atoms. The minimum Gasteiger partial charge on any atom is -0.280 e. The quantitative estimate of drug-likeness (QED) is 0.671. The van der Waals surface area contributed by atoms with Gasteiger partial charge in [0, 0.05) is 18.1 Å². The van der Waals surface area contributed by atoms with Gasteiger partial charge in [0.2, 0.25) is 0 Å². The van der Waals surface area contributed by atoms with Crippen molar-refractivity contribution in [2.24, 2.45) is 0 Å². The van der Waals surface area contributed by atoms with Crippen molar-refractivity contribution >= 4 is 27.3 Å². The predicted octanol–water partition coefficient (Wildman–Crippen LogP) is 4.40. The fraction of sp³-hybridized carbons (Fsp3) is 0.118. The van der Waals surface area contributed by atoms with E-state index in [4.69, 9.17) is 11.6 Å². The third-order valence-electron chi connectivity index (χ3n) is 3.63. The van der Waals surface area contributed by atoms with Crippen LogP contribution in [0.1, 0.15) is 11.1 Å². The molecule has 0 aliphatic heterocycles. The van der Waals surface area contributed by atoms with Crippen LogP contribution in [0.5, 0.6) is 0 Å². The molecule has 0 atom stereocenters. The lowest BCUT2D eigenvalue weighted by Gasteiger charge is -2.13. The molecular formula is C17H13ClF3N3O2S. The summed E-state index contributed by atoms with van der Waals surface area (Å²) in [5, 5.41) is 3.76. The molecule has 1 heterocycles. The van der Waals surface area contributed by atoms with Gasteiger partial charge in [-0.1, -0.05) is 23.7 Å². The maximum absolute atomic E-state index is 12.9. The van der Waals surface area contributed by atoms with Gasteiger partial charge in [-0.05, 0) is 42.0 Å². The van der Waals surface area contributed by atoms with Crippen molar-refractivity contribution in [1.29, 1.82) is 0 Å². The average Bonchev–Trinajstić information content (AvgIpc) is 3.07. The lowest BCUT2D eigenvalue weighted by molar-refractivity contribution is -0.137. The Morgan fingerprint density at radius 3 is 2.56 bits per heavy atom. The second kappa shape index (κ2) is 7.24. The van der Waals surface area contributed by atoms with Gasteiger partial charge in [-0.15, -0.1) is 0 Å². The molecule has 0 aliphatic carbocycles. The highest BCUT2D eigenvalue weighted by molar-refractivity contribution is 7.92. The molecular weight excluding hydrogens is 403 g/mol. The third-order valence-corrected chi connectivity index (χ3v) is 5.49. The molecule has 0 fully saturated rings. The first kappa shape index (κ1) is 19.2. The van der Waals surface area contributed by atoms with E-state index in [0.717, 1.165) is 17.7 Å². The molecule has 27 heavy (non-hydrogen) atoms. The number of anilines is 1. The van der Waals surface area contributed by atoms with Crippen LogP contribution in [0.15, 0.2) is 65.8 Å². The lowest BCUT2D eigenvalue weighted by Crippen LogP contribution is -2.15. The van der Waals surface area contributed by atoms with Gasteiger partial charge in [-0.3, -0.25) is 9.40 Å². The van der Waals surface area contributed by atoms with Gasteiger partial charge in [0.05, 0.1) is 17.1 Å². The summed E-state index contributed by atoms with van der Waals surface area (Å²) in [6.07, 6.45) is -1.32. The highest BCUT2D eigenvalue weighted by atomic mass is 35.5. The Morgan fingerprint density at radius 1 is 1.11 bits per heavy atom. The van der Waals surface area contributed by atoms with Crippen molar-refractivity contribution < 1.29 is 21.6 Å². The molecule has 5 nitrogen and oxygen atoms in total. The monoisotopic (exact) mass is 415 g/mol. The zero-order valence-corrected chi connectivity index (χ0v) is 15.2. The van der Waals surface area contributed by atoms with E-state index in [2.05, 4.69) is 9.82 Å². The average molecular weight is 416 g/mol. The molecule has 0 saturated heterocycles. The van der Waals surface area contributed by atoms with Crippen LogP contribution in [0, 0.1) is 0 Å². The number of rotatable bonds is 5. The largest absolute Gasteiger partial charge is 0.416 e. The number of halogens is 4. The molecule has 2 aromatic carbocycles. The van der Waals surface area contributed by atoms with Crippen molar-refractivity contribution in [1.82, 2.24) is 9.78 Å². The Kier molecular flexibility index (Phi) is 5.16. The van der Waals surface area contributed by atoms with Crippen LogP contribution in [-0.2, 0) is 22.7 Å². The van der Waals surface area contributed by atoms with E-state index in [0.29, 0.717) is 12.6 Å². The number of hydrogen-bond donors (Lipinski definition) is 1. The number of sulfonamides is 1. The smallest absolute Gasteiger partial charge is 0.280 e. The molecule has 0 radical (unpaired) electrons. The number of hydrogen-bond acceptors (Lipinski definition) is 3. The Hall–Kier alpha value is -2.52. The van der Waals surface area contributed by atoms with Gasteiger partial charge in [-0.2, -0.15) is 18.3 Å². The van der Waals surface area contributed by atoms with E-state index in [9.17, 15) is 21.6 Å². The van der Waals surface area contributed by atoms with Gasteiger partial charge >= 0.3 is 6.18 Å². The van der Waals surface area contributed by atoms with E-state index < -0.39 is 26.7 Å². The first-order valence-electron chi connectivity index (χ1n) is 7.61. The minimum absolute atomic E-state index is 0.202. The highest BCUT2D eigenvalue weighted by Crippen LogP contribution is 2.34. The summed E-state index contributed by atoms with van der Waals surface area (Å²) >= 11 is 5.83. The first-order chi connectivity index (χ1) is 12.6. The van der Waals surface area contributed by atoms with Crippen LogP contribution < -0.4 is 4.72 Å². The number of benzene rings is 2. The van der Waals surface area contributed by atoms with Gasteiger partial charge in [0.25, 0.3) is 10.0 Å². The van der Waals surface area contributed by atoms with Crippen LogP contribution in [0.2, 0.25) is 5.02 Å². The van der Waals surface area contributed by atoms with Crippen molar-refractivity contribution in [3.8, 4) is 0 Å². The standard InChI is InChI=1S/C17H13ClF3N3O2S/c18-15-6-5-13(17(19,20)21)10-16(15)27(25,26)23-14-4-1-3-12(9-14)11-24-8-2-7-22-24/h1-10,23H,11H2.